The quantitative estimate of drug-likeness (QED) is 0.848. The van der Waals surface area contributed by atoms with Gasteiger partial charge in [0.15, 0.2) is 5.65 Å². The van der Waals surface area contributed by atoms with E-state index in [0.717, 1.165) is 25.9 Å². The summed E-state index contributed by atoms with van der Waals surface area (Å²) in [5, 5.41) is 7.60. The maximum Gasteiger partial charge on any atom is 0.264 e. The van der Waals surface area contributed by atoms with E-state index >= 15 is 0 Å². The maximum atomic E-state index is 12.4. The summed E-state index contributed by atoms with van der Waals surface area (Å²) in [6.45, 7) is 2.19. The predicted octanol–water partition coefficient (Wildman–Crippen LogP) is -0.127. The number of fused-ring (bicyclic) bond motifs is 2. The molecule has 0 spiro atoms. The third kappa shape index (κ3) is 2.60. The van der Waals surface area contributed by atoms with E-state index in [9.17, 15) is 9.59 Å². The van der Waals surface area contributed by atoms with Crippen LogP contribution in [0.2, 0.25) is 0 Å². The van der Waals surface area contributed by atoms with Crippen molar-refractivity contribution in [3.8, 4) is 0 Å². The lowest BCUT2D eigenvalue weighted by atomic mass is 9.99. The van der Waals surface area contributed by atoms with Crippen molar-refractivity contribution in [2.75, 3.05) is 13.1 Å². The Morgan fingerprint density at radius 1 is 1.33 bits per heavy atom. The van der Waals surface area contributed by atoms with E-state index < -0.39 is 0 Å². The van der Waals surface area contributed by atoms with Gasteiger partial charge in [-0.3, -0.25) is 23.7 Å². The number of carbonyl (C=O) groups is 1. The summed E-state index contributed by atoms with van der Waals surface area (Å²) in [5.74, 6) is -0.125. The van der Waals surface area contributed by atoms with Crippen LogP contribution in [0.4, 0.5) is 0 Å². The van der Waals surface area contributed by atoms with E-state index in [4.69, 9.17) is 0 Å². The van der Waals surface area contributed by atoms with E-state index in [1.54, 1.807) is 11.7 Å². The third-order valence-electron chi connectivity index (χ3n) is 5.23. The minimum Gasteiger partial charge on any atom is -0.350 e. The number of rotatable bonds is 3. The molecule has 1 N–H and O–H groups in total. The van der Waals surface area contributed by atoms with Gasteiger partial charge in [-0.1, -0.05) is 6.42 Å². The van der Waals surface area contributed by atoms with Crippen LogP contribution in [0.1, 0.15) is 25.7 Å². The Morgan fingerprint density at radius 2 is 2.21 bits per heavy atom. The predicted molar refractivity (Wildman–Crippen MR) is 88.5 cm³/mol. The Bertz CT molecular complexity index is 826. The SMILES string of the molecule is Cn1ncc2c(=O)n(CC(=O)N[C@@H]3CCN4CCCC[C@@H]34)cnc21. The van der Waals surface area contributed by atoms with Gasteiger partial charge in [-0.2, -0.15) is 5.10 Å². The second-order valence-corrected chi connectivity index (χ2v) is 6.74. The van der Waals surface area contributed by atoms with E-state index in [2.05, 4.69) is 20.3 Å². The average molecular weight is 330 g/mol. The van der Waals surface area contributed by atoms with E-state index in [1.807, 2.05) is 0 Å². The van der Waals surface area contributed by atoms with Gasteiger partial charge in [0.1, 0.15) is 18.3 Å². The summed E-state index contributed by atoms with van der Waals surface area (Å²) in [6, 6.07) is 0.655. The van der Waals surface area contributed by atoms with E-state index in [1.165, 1.54) is 29.9 Å². The minimum atomic E-state index is -0.228. The summed E-state index contributed by atoms with van der Waals surface area (Å²) in [6.07, 6.45) is 7.54. The van der Waals surface area contributed by atoms with Gasteiger partial charge < -0.3 is 5.32 Å². The lowest BCUT2D eigenvalue weighted by molar-refractivity contribution is -0.122. The Morgan fingerprint density at radius 3 is 3.08 bits per heavy atom. The van der Waals surface area contributed by atoms with Crippen molar-refractivity contribution in [1.82, 2.24) is 29.5 Å². The highest BCUT2D eigenvalue weighted by atomic mass is 16.2. The fourth-order valence-corrected chi connectivity index (χ4v) is 4.00. The Hall–Kier alpha value is -2.22. The molecule has 24 heavy (non-hydrogen) atoms. The van der Waals surface area contributed by atoms with Crippen LogP contribution in [0, 0.1) is 0 Å². The number of hydrogen-bond donors (Lipinski definition) is 1. The first kappa shape index (κ1) is 15.3. The molecule has 2 aliphatic heterocycles. The topological polar surface area (TPSA) is 85.0 Å². The Labute approximate surface area is 139 Å². The van der Waals surface area contributed by atoms with Crippen molar-refractivity contribution in [3.63, 3.8) is 0 Å². The standard InChI is InChI=1S/C16H22N6O2/c1-20-15-11(8-18-20)16(24)22(10-17-15)9-14(23)19-12-5-7-21-6-3-2-4-13(12)21/h8,10,12-13H,2-7,9H2,1H3,(H,19,23)/t12-,13+/m1/s1. The number of amides is 1. The zero-order chi connectivity index (χ0) is 16.7. The molecule has 2 fully saturated rings. The van der Waals surface area contributed by atoms with Gasteiger partial charge in [-0.25, -0.2) is 4.98 Å². The molecule has 8 heteroatoms. The molecule has 4 heterocycles. The van der Waals surface area contributed by atoms with Gasteiger partial charge in [0.2, 0.25) is 5.91 Å². The van der Waals surface area contributed by atoms with Crippen LogP contribution in [0.3, 0.4) is 0 Å². The Kier molecular flexibility index (Phi) is 3.84. The van der Waals surface area contributed by atoms with Gasteiger partial charge in [-0.15, -0.1) is 0 Å². The van der Waals surface area contributed by atoms with Crippen LogP contribution in [0.5, 0.6) is 0 Å². The molecule has 0 aliphatic carbocycles. The second-order valence-electron chi connectivity index (χ2n) is 6.74. The molecule has 2 saturated heterocycles. The van der Waals surface area contributed by atoms with Gasteiger partial charge in [0, 0.05) is 25.7 Å². The second kappa shape index (κ2) is 6.01. The molecular formula is C16H22N6O2. The van der Waals surface area contributed by atoms with Crippen molar-refractivity contribution in [2.45, 2.75) is 44.3 Å². The normalized spacial score (nSPS) is 24.2. The summed E-state index contributed by atoms with van der Waals surface area (Å²) in [4.78, 5) is 31.5. The van der Waals surface area contributed by atoms with Crippen LogP contribution >= 0.6 is 0 Å². The smallest absolute Gasteiger partial charge is 0.264 e. The number of piperidine rings is 1. The monoisotopic (exact) mass is 330 g/mol. The van der Waals surface area contributed by atoms with Crippen LogP contribution < -0.4 is 10.9 Å². The molecule has 2 aromatic heterocycles. The third-order valence-corrected chi connectivity index (χ3v) is 5.23. The first-order chi connectivity index (χ1) is 11.6. The molecule has 0 saturated carbocycles. The van der Waals surface area contributed by atoms with Crippen molar-refractivity contribution in [1.29, 1.82) is 0 Å². The van der Waals surface area contributed by atoms with Crippen molar-refractivity contribution >= 4 is 16.9 Å². The van der Waals surface area contributed by atoms with Gasteiger partial charge >= 0.3 is 0 Å². The lowest BCUT2D eigenvalue weighted by Gasteiger charge is -2.32. The van der Waals surface area contributed by atoms with Gasteiger partial charge in [0.25, 0.3) is 5.56 Å². The molecule has 4 rings (SSSR count). The first-order valence-corrected chi connectivity index (χ1v) is 8.54. The average Bonchev–Trinajstić information content (AvgIpc) is 3.15. The molecule has 0 unspecified atom stereocenters. The van der Waals surface area contributed by atoms with Crippen LogP contribution in [-0.2, 0) is 18.4 Å². The molecule has 2 aromatic rings. The molecule has 8 nitrogen and oxygen atoms in total. The Balaban J connectivity index is 1.46. The molecule has 2 aliphatic rings. The van der Waals surface area contributed by atoms with Gasteiger partial charge in [0.05, 0.1) is 6.20 Å². The number of aromatic nitrogens is 4. The van der Waals surface area contributed by atoms with Crippen molar-refractivity contribution in [2.24, 2.45) is 7.05 Å². The van der Waals surface area contributed by atoms with Crippen LogP contribution in [0.25, 0.3) is 11.0 Å². The number of carbonyl (C=O) groups excluding carboxylic acids is 1. The molecule has 1 amide bonds. The van der Waals surface area contributed by atoms with Crippen LogP contribution in [0.15, 0.2) is 17.3 Å². The van der Waals surface area contributed by atoms with Crippen LogP contribution in [-0.4, -0.2) is 55.3 Å². The molecule has 0 radical (unpaired) electrons. The molecular weight excluding hydrogens is 308 g/mol. The molecule has 128 valence electrons. The highest BCUT2D eigenvalue weighted by Crippen LogP contribution is 2.27. The fourth-order valence-electron chi connectivity index (χ4n) is 4.00. The molecule has 0 bridgehead atoms. The highest BCUT2D eigenvalue weighted by Gasteiger charge is 2.36. The number of nitrogens with zero attached hydrogens (tertiary/aromatic N) is 5. The number of nitrogens with one attached hydrogen (secondary N) is 1. The first-order valence-electron chi connectivity index (χ1n) is 8.54. The summed E-state index contributed by atoms with van der Waals surface area (Å²) >= 11 is 0. The summed E-state index contributed by atoms with van der Waals surface area (Å²) in [7, 11) is 1.74. The van der Waals surface area contributed by atoms with E-state index in [0.29, 0.717) is 17.1 Å². The fraction of sp³-hybridized carbons (Fsp3) is 0.625. The zero-order valence-electron chi connectivity index (χ0n) is 13.8. The lowest BCUT2D eigenvalue weighted by Crippen LogP contribution is -2.48. The summed E-state index contributed by atoms with van der Waals surface area (Å²) in [5.41, 5.74) is 0.305. The number of aryl methyl sites for hydroxylation is 1. The van der Waals surface area contributed by atoms with E-state index in [-0.39, 0.29) is 24.1 Å². The zero-order valence-corrected chi connectivity index (χ0v) is 13.8. The molecule has 0 aromatic carbocycles. The van der Waals surface area contributed by atoms with Crippen molar-refractivity contribution < 1.29 is 4.79 Å². The highest BCUT2D eigenvalue weighted by molar-refractivity contribution is 5.77. The number of hydrogen-bond acceptors (Lipinski definition) is 5. The summed E-state index contributed by atoms with van der Waals surface area (Å²) < 4.78 is 2.91. The largest absolute Gasteiger partial charge is 0.350 e. The van der Waals surface area contributed by atoms with Gasteiger partial charge in [-0.05, 0) is 25.8 Å². The maximum absolute atomic E-state index is 12.4. The minimum absolute atomic E-state index is 0.000111. The van der Waals surface area contributed by atoms with Crippen molar-refractivity contribution in [3.05, 3.63) is 22.9 Å². The molecule has 2 atom stereocenters.